The van der Waals surface area contributed by atoms with Crippen LogP contribution in [0.15, 0.2) is 17.3 Å². The van der Waals surface area contributed by atoms with Gasteiger partial charge >= 0.3 is 5.97 Å². The van der Waals surface area contributed by atoms with E-state index in [1.807, 2.05) is 27.1 Å². The van der Waals surface area contributed by atoms with Crippen LogP contribution in [0.4, 0.5) is 0 Å². The smallest absolute Gasteiger partial charge is 0.321 e. The molecule has 0 radical (unpaired) electrons. The molecule has 0 aliphatic carbocycles. The van der Waals surface area contributed by atoms with Gasteiger partial charge in [0, 0.05) is 29.9 Å². The van der Waals surface area contributed by atoms with Crippen LogP contribution in [-0.4, -0.2) is 38.7 Å². The Morgan fingerprint density at radius 3 is 2.81 bits per heavy atom. The fourth-order valence-corrected chi connectivity index (χ4v) is 2.19. The van der Waals surface area contributed by atoms with Gasteiger partial charge in [0.25, 0.3) is 0 Å². The first-order valence-corrected chi connectivity index (χ1v) is 6.08. The number of thioether (sulfide) groups is 1. The maximum absolute atomic E-state index is 11.0. The summed E-state index contributed by atoms with van der Waals surface area (Å²) in [7, 11) is 1.84. The first-order valence-electron chi connectivity index (χ1n) is 5.09. The highest BCUT2D eigenvalue weighted by atomic mass is 32.2. The fourth-order valence-electron chi connectivity index (χ4n) is 1.25. The third-order valence-corrected chi connectivity index (χ3v) is 2.97. The van der Waals surface area contributed by atoms with Crippen molar-refractivity contribution >= 4 is 17.7 Å². The average molecular weight is 243 g/mol. The number of rotatable bonds is 6. The highest BCUT2D eigenvalue weighted by Gasteiger charge is 2.18. The zero-order valence-electron chi connectivity index (χ0n) is 9.67. The van der Waals surface area contributed by atoms with Gasteiger partial charge in [0.05, 0.1) is 6.20 Å². The summed E-state index contributed by atoms with van der Waals surface area (Å²) < 4.78 is 1.70. The molecule has 1 atom stereocenters. The molecule has 0 fully saturated rings. The minimum Gasteiger partial charge on any atom is -0.480 e. The van der Waals surface area contributed by atoms with Gasteiger partial charge in [-0.2, -0.15) is 5.10 Å². The Bertz CT molecular complexity index is 352. The first kappa shape index (κ1) is 13.1. The largest absolute Gasteiger partial charge is 0.480 e. The molecule has 90 valence electrons. The van der Waals surface area contributed by atoms with Crippen molar-refractivity contribution in [2.75, 3.05) is 5.75 Å². The molecule has 6 heteroatoms. The number of aromatic nitrogens is 2. The molecule has 16 heavy (non-hydrogen) atoms. The number of hydrogen-bond acceptors (Lipinski definition) is 4. The third-order valence-electron chi connectivity index (χ3n) is 1.93. The number of nitrogens with zero attached hydrogens (tertiary/aromatic N) is 2. The quantitative estimate of drug-likeness (QED) is 0.729. The van der Waals surface area contributed by atoms with E-state index < -0.39 is 12.0 Å². The first-order chi connectivity index (χ1) is 7.49. The van der Waals surface area contributed by atoms with E-state index in [0.29, 0.717) is 5.75 Å². The van der Waals surface area contributed by atoms with Crippen molar-refractivity contribution in [1.82, 2.24) is 15.1 Å². The molecule has 2 N–H and O–H groups in total. The second-order valence-electron chi connectivity index (χ2n) is 3.87. The molecule has 0 spiro atoms. The Labute approximate surface area is 99.2 Å². The van der Waals surface area contributed by atoms with Gasteiger partial charge < -0.3 is 10.4 Å². The Balaban J connectivity index is 2.46. The summed E-state index contributed by atoms with van der Waals surface area (Å²) in [5.41, 5.74) is 0. The number of aryl methyl sites for hydroxylation is 1. The van der Waals surface area contributed by atoms with Gasteiger partial charge in [0.1, 0.15) is 6.04 Å². The molecule has 0 aliphatic rings. The zero-order valence-corrected chi connectivity index (χ0v) is 10.5. The van der Waals surface area contributed by atoms with Crippen molar-refractivity contribution in [1.29, 1.82) is 0 Å². The highest BCUT2D eigenvalue weighted by Crippen LogP contribution is 2.17. The summed E-state index contributed by atoms with van der Waals surface area (Å²) in [6.07, 6.45) is 3.61. The minimum absolute atomic E-state index is 0.163. The van der Waals surface area contributed by atoms with Crippen LogP contribution in [0.1, 0.15) is 13.8 Å². The molecule has 0 aliphatic heterocycles. The van der Waals surface area contributed by atoms with Gasteiger partial charge in [0.15, 0.2) is 0 Å². The topological polar surface area (TPSA) is 67.2 Å². The van der Waals surface area contributed by atoms with Crippen molar-refractivity contribution in [2.24, 2.45) is 7.05 Å². The molecule has 0 bridgehead atoms. The predicted molar refractivity (Wildman–Crippen MR) is 63.6 cm³/mol. The van der Waals surface area contributed by atoms with Gasteiger partial charge in [-0.25, -0.2) is 0 Å². The minimum atomic E-state index is -0.815. The molecule has 1 aromatic heterocycles. The van der Waals surface area contributed by atoms with E-state index in [1.54, 1.807) is 10.9 Å². The number of hydrogen-bond donors (Lipinski definition) is 2. The van der Waals surface area contributed by atoms with E-state index in [4.69, 9.17) is 5.11 Å². The normalized spacial score (nSPS) is 13.0. The van der Waals surface area contributed by atoms with Crippen LogP contribution in [0, 0.1) is 0 Å². The van der Waals surface area contributed by atoms with Gasteiger partial charge in [0.2, 0.25) is 0 Å². The molecule has 1 rings (SSSR count). The molecular formula is C10H17N3O2S. The Morgan fingerprint density at radius 1 is 1.69 bits per heavy atom. The van der Waals surface area contributed by atoms with Crippen molar-refractivity contribution in [2.45, 2.75) is 30.8 Å². The van der Waals surface area contributed by atoms with Crippen LogP contribution in [0.25, 0.3) is 0 Å². The summed E-state index contributed by atoms with van der Waals surface area (Å²) in [6.45, 7) is 3.87. The molecule has 0 saturated heterocycles. The van der Waals surface area contributed by atoms with Crippen LogP contribution >= 0.6 is 11.8 Å². The Morgan fingerprint density at radius 2 is 2.38 bits per heavy atom. The Kier molecular flexibility index (Phi) is 4.82. The van der Waals surface area contributed by atoms with E-state index in [9.17, 15) is 4.79 Å². The molecule has 1 aromatic rings. The van der Waals surface area contributed by atoms with E-state index in [-0.39, 0.29) is 6.04 Å². The van der Waals surface area contributed by atoms with Crippen molar-refractivity contribution < 1.29 is 9.90 Å². The standard InChI is InChI=1S/C10H17N3O2S/c1-7(2)12-9(10(14)15)6-16-8-4-11-13(3)5-8/h4-5,7,9,12H,6H2,1-3H3,(H,14,15). The summed E-state index contributed by atoms with van der Waals surface area (Å²) in [4.78, 5) is 12.0. The fraction of sp³-hybridized carbons (Fsp3) is 0.600. The van der Waals surface area contributed by atoms with Crippen LogP contribution in [0.2, 0.25) is 0 Å². The lowest BCUT2D eigenvalue weighted by Gasteiger charge is -2.16. The van der Waals surface area contributed by atoms with E-state index in [0.717, 1.165) is 4.90 Å². The summed E-state index contributed by atoms with van der Waals surface area (Å²) >= 11 is 1.49. The maximum atomic E-state index is 11.0. The van der Waals surface area contributed by atoms with E-state index >= 15 is 0 Å². The van der Waals surface area contributed by atoms with Gasteiger partial charge in [-0.1, -0.05) is 13.8 Å². The van der Waals surface area contributed by atoms with Crippen molar-refractivity contribution in [3.8, 4) is 0 Å². The molecule has 0 aromatic carbocycles. The monoisotopic (exact) mass is 243 g/mol. The molecule has 1 heterocycles. The van der Waals surface area contributed by atoms with Gasteiger partial charge in [-0.3, -0.25) is 9.48 Å². The van der Waals surface area contributed by atoms with E-state index in [1.165, 1.54) is 11.8 Å². The number of carbonyl (C=O) groups is 1. The molecule has 1 unspecified atom stereocenters. The molecule has 0 saturated carbocycles. The number of carboxylic acid groups (broad SMARTS) is 1. The lowest BCUT2D eigenvalue weighted by atomic mass is 10.3. The number of nitrogens with one attached hydrogen (secondary N) is 1. The molecule has 0 amide bonds. The molecular weight excluding hydrogens is 226 g/mol. The Hall–Kier alpha value is -1.01. The van der Waals surface area contributed by atoms with Crippen molar-refractivity contribution in [3.05, 3.63) is 12.4 Å². The van der Waals surface area contributed by atoms with Gasteiger partial charge in [-0.15, -0.1) is 11.8 Å². The van der Waals surface area contributed by atoms with Crippen molar-refractivity contribution in [3.63, 3.8) is 0 Å². The number of carboxylic acids is 1. The maximum Gasteiger partial charge on any atom is 0.321 e. The third kappa shape index (κ3) is 4.24. The SMILES string of the molecule is CC(C)NC(CSc1cnn(C)c1)C(=O)O. The molecule has 5 nitrogen and oxygen atoms in total. The summed E-state index contributed by atoms with van der Waals surface area (Å²) in [5.74, 6) is -0.316. The zero-order chi connectivity index (χ0) is 12.1. The van der Waals surface area contributed by atoms with E-state index in [2.05, 4.69) is 10.4 Å². The second kappa shape index (κ2) is 5.91. The average Bonchev–Trinajstić information content (AvgIpc) is 2.58. The van der Waals surface area contributed by atoms with Crippen LogP contribution in [0.3, 0.4) is 0 Å². The van der Waals surface area contributed by atoms with Gasteiger partial charge in [-0.05, 0) is 0 Å². The predicted octanol–water partition coefficient (Wildman–Crippen LogP) is 0.963. The van der Waals surface area contributed by atoms with Crippen LogP contribution < -0.4 is 5.32 Å². The number of aliphatic carboxylic acids is 1. The van der Waals surface area contributed by atoms with Crippen LogP contribution in [-0.2, 0) is 11.8 Å². The second-order valence-corrected chi connectivity index (χ2v) is 4.97. The lowest BCUT2D eigenvalue weighted by Crippen LogP contribution is -2.42. The van der Waals surface area contributed by atoms with Crippen LogP contribution in [0.5, 0.6) is 0 Å². The highest BCUT2D eigenvalue weighted by molar-refractivity contribution is 7.99. The summed E-state index contributed by atoms with van der Waals surface area (Å²) in [5, 5.41) is 16.0. The summed E-state index contributed by atoms with van der Waals surface area (Å²) in [6, 6.07) is -0.360. The lowest BCUT2D eigenvalue weighted by molar-refractivity contribution is -0.139.